The first-order chi connectivity index (χ1) is 8.16. The Morgan fingerprint density at radius 2 is 2.18 bits per heavy atom. The summed E-state index contributed by atoms with van der Waals surface area (Å²) < 4.78 is 0. The molecule has 2 unspecified atom stereocenters. The van der Waals surface area contributed by atoms with Gasteiger partial charge in [-0.05, 0) is 44.7 Å². The van der Waals surface area contributed by atoms with Crippen molar-refractivity contribution >= 4 is 11.8 Å². The van der Waals surface area contributed by atoms with Gasteiger partial charge in [0.05, 0.1) is 0 Å². The zero-order valence-corrected chi connectivity index (χ0v) is 12.9. The molecular weight excluding hydrogens is 228 g/mol. The summed E-state index contributed by atoms with van der Waals surface area (Å²) in [4.78, 5) is 2.74. The summed E-state index contributed by atoms with van der Waals surface area (Å²) in [5.74, 6) is 1.29. The lowest BCUT2D eigenvalue weighted by molar-refractivity contribution is 0.0473. The van der Waals surface area contributed by atoms with Crippen molar-refractivity contribution in [2.45, 2.75) is 58.0 Å². The van der Waals surface area contributed by atoms with Gasteiger partial charge >= 0.3 is 0 Å². The van der Waals surface area contributed by atoms with Crippen molar-refractivity contribution in [3.63, 3.8) is 0 Å². The van der Waals surface area contributed by atoms with Crippen LogP contribution in [-0.2, 0) is 0 Å². The van der Waals surface area contributed by atoms with Gasteiger partial charge in [0.1, 0.15) is 0 Å². The molecule has 1 N–H and O–H groups in total. The maximum absolute atomic E-state index is 3.74. The van der Waals surface area contributed by atoms with Crippen molar-refractivity contribution in [2.75, 3.05) is 31.6 Å². The van der Waals surface area contributed by atoms with Gasteiger partial charge in [-0.2, -0.15) is 11.8 Å². The van der Waals surface area contributed by atoms with E-state index in [0.29, 0.717) is 11.6 Å². The van der Waals surface area contributed by atoms with E-state index < -0.39 is 0 Å². The summed E-state index contributed by atoms with van der Waals surface area (Å²) in [5.41, 5.74) is 0.378. The molecule has 2 atom stereocenters. The highest BCUT2D eigenvalue weighted by atomic mass is 32.2. The molecule has 2 nitrogen and oxygen atoms in total. The van der Waals surface area contributed by atoms with Crippen LogP contribution in [0.1, 0.15) is 46.5 Å². The summed E-state index contributed by atoms with van der Waals surface area (Å²) in [7, 11) is 0. The smallest absolute Gasteiger partial charge is 0.0303 e. The predicted molar refractivity (Wildman–Crippen MR) is 80.0 cm³/mol. The SMILES string of the molecule is CCCC1CN(CCCSC)C(C)(CC)CN1. The first-order valence-electron chi connectivity index (χ1n) is 7.13. The molecule has 1 saturated heterocycles. The normalized spacial score (nSPS) is 30.7. The minimum absolute atomic E-state index is 0.378. The van der Waals surface area contributed by atoms with Crippen molar-refractivity contribution < 1.29 is 0 Å². The number of piperazine rings is 1. The minimum atomic E-state index is 0.378. The molecule has 17 heavy (non-hydrogen) atoms. The van der Waals surface area contributed by atoms with E-state index >= 15 is 0 Å². The van der Waals surface area contributed by atoms with Crippen LogP contribution in [-0.4, -0.2) is 48.1 Å². The molecule has 1 fully saturated rings. The third-order valence-electron chi connectivity index (χ3n) is 4.15. The molecule has 102 valence electrons. The summed E-state index contributed by atoms with van der Waals surface area (Å²) in [6.45, 7) is 10.7. The van der Waals surface area contributed by atoms with Crippen LogP contribution in [0.25, 0.3) is 0 Å². The van der Waals surface area contributed by atoms with Crippen molar-refractivity contribution in [1.82, 2.24) is 10.2 Å². The lowest BCUT2D eigenvalue weighted by Crippen LogP contribution is -2.63. The second-order valence-corrected chi connectivity index (χ2v) is 6.49. The van der Waals surface area contributed by atoms with Crippen molar-refractivity contribution in [2.24, 2.45) is 0 Å². The van der Waals surface area contributed by atoms with E-state index in [1.807, 2.05) is 11.8 Å². The minimum Gasteiger partial charge on any atom is -0.311 e. The Kier molecular flexibility index (Phi) is 6.90. The fraction of sp³-hybridized carbons (Fsp3) is 1.00. The average molecular weight is 258 g/mol. The Bertz CT molecular complexity index is 210. The second kappa shape index (κ2) is 7.65. The van der Waals surface area contributed by atoms with Crippen LogP contribution in [0.5, 0.6) is 0 Å². The van der Waals surface area contributed by atoms with Gasteiger partial charge in [0, 0.05) is 24.7 Å². The highest BCUT2D eigenvalue weighted by molar-refractivity contribution is 7.98. The van der Waals surface area contributed by atoms with Gasteiger partial charge in [-0.1, -0.05) is 20.3 Å². The molecule has 1 heterocycles. The topological polar surface area (TPSA) is 15.3 Å². The standard InChI is InChI=1S/C14H30N2S/c1-5-8-13-11-16(9-7-10-17-4)14(3,6-2)12-15-13/h13,15H,5-12H2,1-4H3. The number of nitrogens with one attached hydrogen (secondary N) is 1. The lowest BCUT2D eigenvalue weighted by atomic mass is 9.91. The first-order valence-corrected chi connectivity index (χ1v) is 8.53. The van der Waals surface area contributed by atoms with Crippen molar-refractivity contribution in [3.05, 3.63) is 0 Å². The van der Waals surface area contributed by atoms with Crippen LogP contribution >= 0.6 is 11.8 Å². The van der Waals surface area contributed by atoms with E-state index in [1.165, 1.54) is 44.5 Å². The Morgan fingerprint density at radius 1 is 1.41 bits per heavy atom. The lowest BCUT2D eigenvalue weighted by Gasteiger charge is -2.48. The molecule has 0 spiro atoms. The summed E-state index contributed by atoms with van der Waals surface area (Å²) in [5, 5.41) is 3.74. The zero-order chi connectivity index (χ0) is 12.7. The molecule has 1 aliphatic rings. The maximum Gasteiger partial charge on any atom is 0.0303 e. The van der Waals surface area contributed by atoms with E-state index in [4.69, 9.17) is 0 Å². The third kappa shape index (κ3) is 4.46. The molecule has 0 aromatic heterocycles. The van der Waals surface area contributed by atoms with Gasteiger partial charge in [0.2, 0.25) is 0 Å². The molecular formula is C14H30N2S. The fourth-order valence-corrected chi connectivity index (χ4v) is 3.10. The fourth-order valence-electron chi connectivity index (χ4n) is 2.68. The molecule has 0 amide bonds. The summed E-state index contributed by atoms with van der Waals surface area (Å²) >= 11 is 1.97. The second-order valence-electron chi connectivity index (χ2n) is 5.51. The third-order valence-corrected chi connectivity index (χ3v) is 4.85. The van der Waals surface area contributed by atoms with Gasteiger partial charge in [0.25, 0.3) is 0 Å². The van der Waals surface area contributed by atoms with Crippen LogP contribution < -0.4 is 5.32 Å². The monoisotopic (exact) mass is 258 g/mol. The highest BCUT2D eigenvalue weighted by Gasteiger charge is 2.35. The van der Waals surface area contributed by atoms with Crippen LogP contribution in [0.15, 0.2) is 0 Å². The van der Waals surface area contributed by atoms with Crippen molar-refractivity contribution in [1.29, 1.82) is 0 Å². The predicted octanol–water partition coefficient (Wildman–Crippen LogP) is 2.98. The summed E-state index contributed by atoms with van der Waals surface area (Å²) in [6, 6.07) is 0.717. The number of hydrogen-bond acceptors (Lipinski definition) is 3. The molecule has 0 radical (unpaired) electrons. The van der Waals surface area contributed by atoms with Crippen LogP contribution in [0.3, 0.4) is 0 Å². The molecule has 1 aliphatic heterocycles. The van der Waals surface area contributed by atoms with E-state index in [0.717, 1.165) is 6.54 Å². The molecule has 0 aromatic rings. The van der Waals surface area contributed by atoms with Crippen LogP contribution in [0, 0.1) is 0 Å². The highest BCUT2D eigenvalue weighted by Crippen LogP contribution is 2.24. The van der Waals surface area contributed by atoms with Gasteiger partial charge in [-0.3, -0.25) is 4.90 Å². The van der Waals surface area contributed by atoms with E-state index in [9.17, 15) is 0 Å². The van der Waals surface area contributed by atoms with Crippen LogP contribution in [0.4, 0.5) is 0 Å². The van der Waals surface area contributed by atoms with Crippen molar-refractivity contribution in [3.8, 4) is 0 Å². The quantitative estimate of drug-likeness (QED) is 0.707. The van der Waals surface area contributed by atoms with Crippen LogP contribution in [0.2, 0.25) is 0 Å². The van der Waals surface area contributed by atoms with Gasteiger partial charge < -0.3 is 5.32 Å². The number of thioether (sulfide) groups is 1. The van der Waals surface area contributed by atoms with E-state index in [1.54, 1.807) is 0 Å². The maximum atomic E-state index is 3.74. The Labute approximate surface area is 112 Å². The van der Waals surface area contributed by atoms with Gasteiger partial charge in [-0.15, -0.1) is 0 Å². The molecule has 1 rings (SSSR count). The molecule has 0 saturated carbocycles. The summed E-state index contributed by atoms with van der Waals surface area (Å²) in [6.07, 6.45) is 7.39. The van der Waals surface area contributed by atoms with Gasteiger partial charge in [-0.25, -0.2) is 0 Å². The molecule has 0 aliphatic carbocycles. The number of nitrogens with zero attached hydrogens (tertiary/aromatic N) is 1. The Morgan fingerprint density at radius 3 is 2.76 bits per heavy atom. The number of hydrogen-bond donors (Lipinski definition) is 1. The molecule has 3 heteroatoms. The van der Waals surface area contributed by atoms with Gasteiger partial charge in [0.15, 0.2) is 0 Å². The van der Waals surface area contributed by atoms with E-state index in [-0.39, 0.29) is 0 Å². The Hall–Kier alpha value is 0.270. The average Bonchev–Trinajstić information content (AvgIpc) is 2.34. The zero-order valence-electron chi connectivity index (χ0n) is 12.1. The number of rotatable bonds is 7. The van der Waals surface area contributed by atoms with E-state index in [2.05, 4.69) is 37.2 Å². The molecule has 0 aromatic carbocycles. The first kappa shape index (κ1) is 15.3. The Balaban J connectivity index is 2.50. The molecule has 0 bridgehead atoms. The largest absolute Gasteiger partial charge is 0.311 e.